The van der Waals surface area contributed by atoms with E-state index in [1.54, 1.807) is 12.1 Å². The van der Waals surface area contributed by atoms with Crippen molar-refractivity contribution in [1.29, 1.82) is 0 Å². The summed E-state index contributed by atoms with van der Waals surface area (Å²) < 4.78 is 12.7. The number of carboxylic acid groups (broad SMARTS) is 1. The SMILES string of the molecule is O=C(O)Cc1cnc(-c2ccc(F)cc2)s1. The Balaban J connectivity index is 2.24. The van der Waals surface area contributed by atoms with Gasteiger partial charge in [-0.15, -0.1) is 11.3 Å². The van der Waals surface area contributed by atoms with Gasteiger partial charge in [0.05, 0.1) is 6.42 Å². The van der Waals surface area contributed by atoms with Gasteiger partial charge in [-0.3, -0.25) is 4.79 Å². The fraction of sp³-hybridized carbons (Fsp3) is 0.0909. The van der Waals surface area contributed by atoms with E-state index in [0.29, 0.717) is 9.88 Å². The molecule has 0 aliphatic carbocycles. The molecule has 0 amide bonds. The third kappa shape index (κ3) is 2.43. The molecule has 0 aliphatic rings. The molecule has 0 atom stereocenters. The lowest BCUT2D eigenvalue weighted by Crippen LogP contribution is -1.97. The number of nitrogens with zero attached hydrogens (tertiary/aromatic N) is 1. The first-order valence-corrected chi connectivity index (χ1v) is 5.39. The molecule has 3 nitrogen and oxygen atoms in total. The zero-order valence-corrected chi connectivity index (χ0v) is 9.00. The van der Waals surface area contributed by atoms with Crippen molar-refractivity contribution in [3.8, 4) is 10.6 Å². The Labute approximate surface area is 95.2 Å². The molecule has 0 bridgehead atoms. The Kier molecular flexibility index (Phi) is 2.96. The van der Waals surface area contributed by atoms with Crippen LogP contribution in [0.4, 0.5) is 4.39 Å². The molecule has 0 spiro atoms. The van der Waals surface area contributed by atoms with E-state index in [1.165, 1.54) is 29.7 Å². The Hall–Kier alpha value is -1.75. The molecule has 1 N–H and O–H groups in total. The second kappa shape index (κ2) is 4.40. The third-order valence-electron chi connectivity index (χ3n) is 1.97. The zero-order chi connectivity index (χ0) is 11.5. The summed E-state index contributed by atoms with van der Waals surface area (Å²) in [4.78, 5) is 15.3. The third-order valence-corrected chi connectivity index (χ3v) is 3.02. The van der Waals surface area contributed by atoms with Gasteiger partial charge in [-0.05, 0) is 24.3 Å². The highest BCUT2D eigenvalue weighted by Gasteiger charge is 2.07. The molecule has 82 valence electrons. The summed E-state index contributed by atoms with van der Waals surface area (Å²) in [6.07, 6.45) is 1.51. The van der Waals surface area contributed by atoms with Crippen molar-refractivity contribution < 1.29 is 14.3 Å². The Morgan fingerprint density at radius 3 is 2.69 bits per heavy atom. The summed E-state index contributed by atoms with van der Waals surface area (Å²) in [6.45, 7) is 0. The molecular formula is C11H8FNO2S. The monoisotopic (exact) mass is 237 g/mol. The molecule has 1 aromatic carbocycles. The number of hydrogen-bond acceptors (Lipinski definition) is 3. The van der Waals surface area contributed by atoms with Gasteiger partial charge in [-0.25, -0.2) is 9.37 Å². The van der Waals surface area contributed by atoms with Gasteiger partial charge in [0.2, 0.25) is 0 Å². The molecule has 16 heavy (non-hydrogen) atoms. The highest BCUT2D eigenvalue weighted by Crippen LogP contribution is 2.25. The van der Waals surface area contributed by atoms with Crippen molar-refractivity contribution in [2.24, 2.45) is 0 Å². The Morgan fingerprint density at radius 1 is 1.38 bits per heavy atom. The lowest BCUT2D eigenvalue weighted by atomic mass is 10.2. The van der Waals surface area contributed by atoms with Crippen LogP contribution in [0.15, 0.2) is 30.5 Å². The van der Waals surface area contributed by atoms with Gasteiger partial charge < -0.3 is 5.11 Å². The van der Waals surface area contributed by atoms with Crippen LogP contribution in [0.2, 0.25) is 0 Å². The smallest absolute Gasteiger partial charge is 0.308 e. The lowest BCUT2D eigenvalue weighted by molar-refractivity contribution is -0.136. The summed E-state index contributed by atoms with van der Waals surface area (Å²) in [5.41, 5.74) is 0.794. The van der Waals surface area contributed by atoms with E-state index >= 15 is 0 Å². The maximum atomic E-state index is 12.7. The first-order valence-electron chi connectivity index (χ1n) is 4.57. The molecule has 2 aromatic rings. The number of hydrogen-bond donors (Lipinski definition) is 1. The number of carboxylic acids is 1. The molecule has 0 radical (unpaired) electrons. The molecule has 5 heteroatoms. The first kappa shape index (κ1) is 10.8. The van der Waals surface area contributed by atoms with Gasteiger partial charge in [0.25, 0.3) is 0 Å². The van der Waals surface area contributed by atoms with Crippen LogP contribution in [0.3, 0.4) is 0 Å². The Morgan fingerprint density at radius 2 is 2.06 bits per heavy atom. The van der Waals surface area contributed by atoms with Crippen LogP contribution in [0.25, 0.3) is 10.6 Å². The van der Waals surface area contributed by atoms with Crippen molar-refractivity contribution in [2.45, 2.75) is 6.42 Å². The number of halogens is 1. The highest BCUT2D eigenvalue weighted by molar-refractivity contribution is 7.15. The Bertz CT molecular complexity index is 507. The van der Waals surface area contributed by atoms with Crippen LogP contribution in [0.5, 0.6) is 0 Å². The maximum Gasteiger partial charge on any atom is 0.308 e. The molecule has 1 aromatic heterocycles. The van der Waals surface area contributed by atoms with E-state index in [9.17, 15) is 9.18 Å². The van der Waals surface area contributed by atoms with E-state index in [-0.39, 0.29) is 12.2 Å². The maximum absolute atomic E-state index is 12.7. The fourth-order valence-corrected chi connectivity index (χ4v) is 2.17. The van der Waals surface area contributed by atoms with E-state index in [0.717, 1.165) is 5.56 Å². The minimum absolute atomic E-state index is 0.0289. The number of aromatic nitrogens is 1. The second-order valence-electron chi connectivity index (χ2n) is 3.21. The van der Waals surface area contributed by atoms with E-state index in [1.807, 2.05) is 0 Å². The van der Waals surface area contributed by atoms with Crippen LogP contribution in [0, 0.1) is 5.82 Å². The van der Waals surface area contributed by atoms with Crippen molar-refractivity contribution in [1.82, 2.24) is 4.98 Å². The normalized spacial score (nSPS) is 10.3. The van der Waals surface area contributed by atoms with Crippen LogP contribution in [-0.2, 0) is 11.2 Å². The van der Waals surface area contributed by atoms with Crippen molar-refractivity contribution >= 4 is 17.3 Å². The van der Waals surface area contributed by atoms with Gasteiger partial charge in [-0.2, -0.15) is 0 Å². The van der Waals surface area contributed by atoms with Gasteiger partial charge in [0.15, 0.2) is 0 Å². The van der Waals surface area contributed by atoms with Crippen LogP contribution in [-0.4, -0.2) is 16.1 Å². The molecule has 0 saturated heterocycles. The molecule has 2 rings (SSSR count). The number of rotatable bonds is 3. The van der Waals surface area contributed by atoms with Crippen molar-refractivity contribution in [3.63, 3.8) is 0 Å². The summed E-state index contributed by atoms with van der Waals surface area (Å²) in [6, 6.07) is 5.96. The molecule has 0 fully saturated rings. The van der Waals surface area contributed by atoms with Crippen molar-refractivity contribution in [3.05, 3.63) is 41.2 Å². The van der Waals surface area contributed by atoms with Gasteiger partial charge in [0.1, 0.15) is 10.8 Å². The molecule has 0 saturated carbocycles. The molecule has 1 heterocycles. The minimum Gasteiger partial charge on any atom is -0.481 e. The van der Waals surface area contributed by atoms with Crippen LogP contribution in [0.1, 0.15) is 4.88 Å². The number of benzene rings is 1. The summed E-state index contributed by atoms with van der Waals surface area (Å²) >= 11 is 1.31. The van der Waals surface area contributed by atoms with E-state index in [4.69, 9.17) is 5.11 Å². The van der Waals surface area contributed by atoms with Crippen LogP contribution < -0.4 is 0 Å². The summed E-state index contributed by atoms with van der Waals surface area (Å²) in [5.74, 6) is -1.18. The molecule has 0 aliphatic heterocycles. The predicted molar refractivity (Wildman–Crippen MR) is 58.8 cm³/mol. The largest absolute Gasteiger partial charge is 0.481 e. The van der Waals surface area contributed by atoms with E-state index in [2.05, 4.69) is 4.98 Å². The summed E-state index contributed by atoms with van der Waals surface area (Å²) in [7, 11) is 0. The number of carbonyl (C=O) groups is 1. The van der Waals surface area contributed by atoms with Crippen LogP contribution >= 0.6 is 11.3 Å². The van der Waals surface area contributed by atoms with Crippen molar-refractivity contribution in [2.75, 3.05) is 0 Å². The zero-order valence-electron chi connectivity index (χ0n) is 8.18. The quantitative estimate of drug-likeness (QED) is 0.892. The summed E-state index contributed by atoms with van der Waals surface area (Å²) in [5, 5.41) is 9.32. The number of thiazole rings is 1. The average Bonchev–Trinajstić information content (AvgIpc) is 2.66. The average molecular weight is 237 g/mol. The van der Waals surface area contributed by atoms with Gasteiger partial charge >= 0.3 is 5.97 Å². The predicted octanol–water partition coefficient (Wildman–Crippen LogP) is 2.58. The van der Waals surface area contributed by atoms with E-state index < -0.39 is 5.97 Å². The second-order valence-corrected chi connectivity index (χ2v) is 4.32. The molecular weight excluding hydrogens is 229 g/mol. The molecule has 0 unspecified atom stereocenters. The van der Waals surface area contributed by atoms with Gasteiger partial charge in [0, 0.05) is 16.6 Å². The lowest BCUT2D eigenvalue weighted by Gasteiger charge is -1.94. The highest BCUT2D eigenvalue weighted by atomic mass is 32.1. The fourth-order valence-electron chi connectivity index (χ4n) is 1.26. The standard InChI is InChI=1S/C11H8FNO2S/c12-8-3-1-7(2-4-8)11-13-6-9(16-11)5-10(14)15/h1-4,6H,5H2,(H,14,15). The first-order chi connectivity index (χ1) is 7.65. The topological polar surface area (TPSA) is 50.2 Å². The number of aliphatic carboxylic acids is 1. The minimum atomic E-state index is -0.880. The van der Waals surface area contributed by atoms with Gasteiger partial charge in [-0.1, -0.05) is 0 Å².